The fourth-order valence-electron chi connectivity index (χ4n) is 1.56. The first kappa shape index (κ1) is 14.3. The molecular formula is C14H12N4O3. The summed E-state index contributed by atoms with van der Waals surface area (Å²) in [5, 5.41) is 18.2. The molecule has 1 N–H and O–H groups in total. The molecule has 0 saturated carbocycles. The number of carbonyl (C=O) groups excluding carboxylic acids is 1. The molecule has 0 aliphatic rings. The molecule has 2 aromatic rings. The number of non-ortho nitro benzene ring substituents is 1. The van der Waals surface area contributed by atoms with Crippen molar-refractivity contribution < 1.29 is 9.72 Å². The number of Topliss-reactive ketones (excluding diaryl/α,β-unsaturated/α-hetero) is 1. The Bertz CT molecular complexity index is 678. The highest BCUT2D eigenvalue weighted by Crippen LogP contribution is 2.18. The predicted molar refractivity (Wildman–Crippen MR) is 77.7 cm³/mol. The van der Waals surface area contributed by atoms with E-state index >= 15 is 0 Å². The summed E-state index contributed by atoms with van der Waals surface area (Å²) in [5.41, 5.74) is 4.51. The van der Waals surface area contributed by atoms with Crippen LogP contribution in [0.3, 0.4) is 0 Å². The van der Waals surface area contributed by atoms with E-state index in [4.69, 9.17) is 0 Å². The second-order valence-electron chi connectivity index (χ2n) is 4.22. The van der Waals surface area contributed by atoms with Gasteiger partial charge in [-0.3, -0.25) is 20.3 Å². The molecule has 2 aromatic carbocycles. The highest BCUT2D eigenvalue weighted by atomic mass is 16.6. The van der Waals surface area contributed by atoms with Gasteiger partial charge in [0.15, 0.2) is 5.78 Å². The molecule has 0 aliphatic heterocycles. The van der Waals surface area contributed by atoms with Crippen LogP contribution in [0, 0.1) is 10.1 Å². The van der Waals surface area contributed by atoms with Gasteiger partial charge in [0.1, 0.15) is 0 Å². The second kappa shape index (κ2) is 6.38. The molecule has 21 heavy (non-hydrogen) atoms. The molecular weight excluding hydrogens is 272 g/mol. The number of rotatable bonds is 5. The Hall–Kier alpha value is -3.09. The molecule has 0 aromatic heterocycles. The number of ketones is 1. The predicted octanol–water partition coefficient (Wildman–Crippen LogP) is 3.91. The number of nitro groups is 1. The molecule has 0 unspecified atom stereocenters. The summed E-state index contributed by atoms with van der Waals surface area (Å²) in [5.74, 6) is -0.00550. The molecule has 7 heteroatoms. The maximum absolute atomic E-state index is 11.1. The van der Waals surface area contributed by atoms with Gasteiger partial charge in [-0.05, 0) is 43.3 Å². The van der Waals surface area contributed by atoms with Crippen LogP contribution in [0.4, 0.5) is 17.1 Å². The van der Waals surface area contributed by atoms with Gasteiger partial charge >= 0.3 is 0 Å². The molecule has 0 fully saturated rings. The lowest BCUT2D eigenvalue weighted by molar-refractivity contribution is -0.384. The van der Waals surface area contributed by atoms with Gasteiger partial charge in [-0.2, -0.15) is 0 Å². The SMILES string of the molecule is CC(=O)c1ccc(NN=Nc2ccc([N+](=O)[O-])cc2)cc1. The lowest BCUT2D eigenvalue weighted by Gasteiger charge is -2.00. The maximum atomic E-state index is 11.1. The third kappa shape index (κ3) is 3.93. The third-order valence-electron chi connectivity index (χ3n) is 2.70. The number of nitro benzene ring substituents is 1. The van der Waals surface area contributed by atoms with Gasteiger partial charge in [0.2, 0.25) is 0 Å². The summed E-state index contributed by atoms with van der Waals surface area (Å²) in [4.78, 5) is 21.1. The van der Waals surface area contributed by atoms with E-state index in [0.717, 1.165) is 0 Å². The fraction of sp³-hybridized carbons (Fsp3) is 0.0714. The molecule has 0 atom stereocenters. The van der Waals surface area contributed by atoms with Gasteiger partial charge in [-0.1, -0.05) is 5.22 Å². The van der Waals surface area contributed by atoms with E-state index in [2.05, 4.69) is 15.8 Å². The van der Waals surface area contributed by atoms with Crippen LogP contribution in [0.2, 0.25) is 0 Å². The summed E-state index contributed by atoms with van der Waals surface area (Å²) in [7, 11) is 0. The zero-order valence-electron chi connectivity index (χ0n) is 11.2. The minimum atomic E-state index is -0.476. The summed E-state index contributed by atoms with van der Waals surface area (Å²) >= 11 is 0. The standard InChI is InChI=1S/C14H12N4O3/c1-10(19)11-2-4-12(5-3-11)15-17-16-13-6-8-14(9-7-13)18(20)21/h2-9H,1H3,(H,15,16). The zero-order valence-corrected chi connectivity index (χ0v) is 11.2. The Morgan fingerprint density at radius 1 is 1.10 bits per heavy atom. The molecule has 0 saturated heterocycles. The fourth-order valence-corrected chi connectivity index (χ4v) is 1.56. The number of carbonyl (C=O) groups is 1. The Morgan fingerprint density at radius 3 is 2.24 bits per heavy atom. The zero-order chi connectivity index (χ0) is 15.2. The topological polar surface area (TPSA) is 97.0 Å². The van der Waals surface area contributed by atoms with Gasteiger partial charge in [0.05, 0.1) is 16.3 Å². The summed E-state index contributed by atoms with van der Waals surface area (Å²) in [6.45, 7) is 1.50. The highest BCUT2D eigenvalue weighted by molar-refractivity contribution is 5.94. The number of hydrogen-bond acceptors (Lipinski definition) is 5. The van der Waals surface area contributed by atoms with E-state index in [-0.39, 0.29) is 11.5 Å². The lowest BCUT2D eigenvalue weighted by atomic mass is 10.1. The Kier molecular flexibility index (Phi) is 4.35. The van der Waals surface area contributed by atoms with Crippen molar-refractivity contribution in [3.8, 4) is 0 Å². The van der Waals surface area contributed by atoms with E-state index in [1.165, 1.54) is 31.2 Å². The molecule has 0 aliphatic carbocycles. The Labute approximate surface area is 120 Å². The van der Waals surface area contributed by atoms with Crippen molar-refractivity contribution in [3.63, 3.8) is 0 Å². The van der Waals surface area contributed by atoms with Crippen molar-refractivity contribution >= 4 is 22.8 Å². The van der Waals surface area contributed by atoms with Crippen LogP contribution in [0.15, 0.2) is 58.9 Å². The number of anilines is 1. The number of benzene rings is 2. The van der Waals surface area contributed by atoms with E-state index in [1.807, 2.05) is 0 Å². The van der Waals surface area contributed by atoms with Gasteiger partial charge in [-0.15, -0.1) is 5.11 Å². The Morgan fingerprint density at radius 2 is 1.71 bits per heavy atom. The minimum absolute atomic E-state index is 0.00160. The van der Waals surface area contributed by atoms with Crippen LogP contribution in [0.1, 0.15) is 17.3 Å². The molecule has 0 bridgehead atoms. The average Bonchev–Trinajstić information content (AvgIpc) is 2.48. The molecule has 0 radical (unpaired) electrons. The van der Waals surface area contributed by atoms with Gasteiger partial charge < -0.3 is 0 Å². The van der Waals surface area contributed by atoms with Crippen molar-refractivity contribution in [3.05, 3.63) is 64.2 Å². The van der Waals surface area contributed by atoms with Crippen molar-refractivity contribution in [2.45, 2.75) is 6.92 Å². The molecule has 2 rings (SSSR count). The summed E-state index contributed by atoms with van der Waals surface area (Å²) in [6.07, 6.45) is 0. The first-order valence-corrected chi connectivity index (χ1v) is 6.08. The van der Waals surface area contributed by atoms with Crippen LogP contribution in [-0.2, 0) is 0 Å². The van der Waals surface area contributed by atoms with E-state index < -0.39 is 4.92 Å². The number of nitrogens with one attached hydrogen (secondary N) is 1. The van der Waals surface area contributed by atoms with Crippen LogP contribution in [0.25, 0.3) is 0 Å². The van der Waals surface area contributed by atoms with Crippen LogP contribution >= 0.6 is 0 Å². The van der Waals surface area contributed by atoms with E-state index in [9.17, 15) is 14.9 Å². The first-order chi connectivity index (χ1) is 10.1. The quantitative estimate of drug-likeness (QED) is 0.389. The van der Waals surface area contributed by atoms with E-state index in [0.29, 0.717) is 16.9 Å². The highest BCUT2D eigenvalue weighted by Gasteiger charge is 2.03. The van der Waals surface area contributed by atoms with Crippen molar-refractivity contribution in [1.82, 2.24) is 0 Å². The van der Waals surface area contributed by atoms with Crippen molar-refractivity contribution in [1.29, 1.82) is 0 Å². The number of hydrogen-bond donors (Lipinski definition) is 1. The van der Waals surface area contributed by atoms with Crippen molar-refractivity contribution in [2.24, 2.45) is 10.3 Å². The van der Waals surface area contributed by atoms with Crippen LogP contribution in [0.5, 0.6) is 0 Å². The third-order valence-corrected chi connectivity index (χ3v) is 2.70. The maximum Gasteiger partial charge on any atom is 0.269 e. The van der Waals surface area contributed by atoms with Gasteiger partial charge in [-0.25, -0.2) is 0 Å². The molecule has 7 nitrogen and oxygen atoms in total. The lowest BCUT2D eigenvalue weighted by Crippen LogP contribution is -1.92. The second-order valence-corrected chi connectivity index (χ2v) is 4.22. The summed E-state index contributed by atoms with van der Waals surface area (Å²) in [6, 6.07) is 12.5. The normalized spacial score (nSPS) is 10.5. The van der Waals surface area contributed by atoms with Crippen molar-refractivity contribution in [2.75, 3.05) is 5.43 Å². The van der Waals surface area contributed by atoms with Gasteiger partial charge in [0, 0.05) is 17.7 Å². The largest absolute Gasteiger partial charge is 0.295 e. The van der Waals surface area contributed by atoms with Crippen LogP contribution < -0.4 is 5.43 Å². The van der Waals surface area contributed by atoms with Gasteiger partial charge in [0.25, 0.3) is 5.69 Å². The molecule has 0 heterocycles. The van der Waals surface area contributed by atoms with Crippen LogP contribution in [-0.4, -0.2) is 10.7 Å². The summed E-state index contributed by atoms with van der Waals surface area (Å²) < 4.78 is 0. The first-order valence-electron chi connectivity index (χ1n) is 6.08. The Balaban J connectivity index is 1.98. The molecule has 0 spiro atoms. The monoisotopic (exact) mass is 284 g/mol. The number of nitrogens with zero attached hydrogens (tertiary/aromatic N) is 3. The molecule has 106 valence electrons. The average molecular weight is 284 g/mol. The molecule has 0 amide bonds. The van der Waals surface area contributed by atoms with E-state index in [1.54, 1.807) is 24.3 Å². The minimum Gasteiger partial charge on any atom is -0.295 e. The smallest absolute Gasteiger partial charge is 0.269 e.